The monoisotopic (exact) mass is 462 g/mol. The maximum Gasteiger partial charge on any atom is 0.195 e. The first-order valence-electron chi connectivity index (χ1n) is 11.7. The van der Waals surface area contributed by atoms with Crippen molar-refractivity contribution >= 4 is 5.78 Å². The predicted octanol–water partition coefficient (Wildman–Crippen LogP) is 9.50. The van der Waals surface area contributed by atoms with E-state index in [1.807, 2.05) is 64.2 Å². The van der Waals surface area contributed by atoms with Gasteiger partial charge in [-0.2, -0.15) is 0 Å². The summed E-state index contributed by atoms with van der Waals surface area (Å²) in [6.07, 6.45) is 19.6. The molecule has 0 atom stereocenters. The Bertz CT molecular complexity index is 909. The van der Waals surface area contributed by atoms with E-state index in [1.54, 1.807) is 13.0 Å². The molecule has 0 saturated carbocycles. The number of allylic oxidation sites excluding steroid dienone is 15. The molecule has 0 aromatic rings. The van der Waals surface area contributed by atoms with Gasteiger partial charge in [0, 0.05) is 5.57 Å². The van der Waals surface area contributed by atoms with Crippen molar-refractivity contribution in [3.63, 3.8) is 0 Å². The molecule has 0 amide bonds. The highest BCUT2D eigenvalue weighted by Gasteiger charge is 2.28. The summed E-state index contributed by atoms with van der Waals surface area (Å²) in [4.78, 5) is 10.7. The fraction of sp³-hybridized carbons (Fsp3) is 0.344. The molecule has 0 N–H and O–H groups in total. The van der Waals surface area contributed by atoms with Crippen molar-refractivity contribution in [1.29, 1.82) is 0 Å². The van der Waals surface area contributed by atoms with Crippen LogP contribution >= 0.6 is 0 Å². The third-order valence-corrected chi connectivity index (χ3v) is 5.47. The SMILES string of the molecule is C=C1C(=O)C(C)=C1OC.C=CC(C)=CC.C=CC1=C(C)C(=CC)CCC1.C=CC=C(C)C=CC. The first-order chi connectivity index (χ1) is 16.1. The van der Waals surface area contributed by atoms with Crippen molar-refractivity contribution < 1.29 is 9.53 Å². The van der Waals surface area contributed by atoms with Gasteiger partial charge in [0.15, 0.2) is 5.78 Å². The van der Waals surface area contributed by atoms with E-state index >= 15 is 0 Å². The zero-order valence-corrected chi connectivity index (χ0v) is 22.9. The lowest BCUT2D eigenvalue weighted by molar-refractivity contribution is -0.113. The van der Waals surface area contributed by atoms with Crippen molar-refractivity contribution in [2.75, 3.05) is 7.11 Å². The number of rotatable bonds is 5. The maximum atomic E-state index is 10.7. The predicted molar refractivity (Wildman–Crippen MR) is 153 cm³/mol. The second kappa shape index (κ2) is 19.3. The summed E-state index contributed by atoms with van der Waals surface area (Å²) in [7, 11) is 1.54. The quantitative estimate of drug-likeness (QED) is 0.300. The third-order valence-electron chi connectivity index (χ3n) is 5.47. The second-order valence-corrected chi connectivity index (χ2v) is 7.87. The number of carbonyl (C=O) groups excluding carboxylic acids is 1. The van der Waals surface area contributed by atoms with Crippen LogP contribution in [-0.2, 0) is 9.53 Å². The Balaban J connectivity index is 0. The van der Waals surface area contributed by atoms with Gasteiger partial charge in [0.1, 0.15) is 5.76 Å². The topological polar surface area (TPSA) is 26.3 Å². The normalized spacial score (nSPS) is 17.0. The Kier molecular flexibility index (Phi) is 18.8. The van der Waals surface area contributed by atoms with Crippen LogP contribution in [0.3, 0.4) is 0 Å². The summed E-state index contributed by atoms with van der Waals surface area (Å²) in [5, 5.41) is 0. The molecule has 0 bridgehead atoms. The molecule has 0 aromatic carbocycles. The molecule has 2 aliphatic carbocycles. The zero-order valence-electron chi connectivity index (χ0n) is 22.9. The van der Waals surface area contributed by atoms with E-state index in [-0.39, 0.29) is 5.78 Å². The number of hydrogen-bond donors (Lipinski definition) is 0. The molecular formula is C32H46O2. The summed E-state index contributed by atoms with van der Waals surface area (Å²) in [6, 6.07) is 0. The average Bonchev–Trinajstić information content (AvgIpc) is 2.85. The Morgan fingerprint density at radius 2 is 1.59 bits per heavy atom. The molecule has 2 aliphatic rings. The van der Waals surface area contributed by atoms with E-state index in [0.717, 1.165) is 0 Å². The Morgan fingerprint density at radius 1 is 0.971 bits per heavy atom. The van der Waals surface area contributed by atoms with Crippen LogP contribution in [0.25, 0.3) is 0 Å². The van der Waals surface area contributed by atoms with Gasteiger partial charge in [-0.15, -0.1) is 0 Å². The van der Waals surface area contributed by atoms with Gasteiger partial charge < -0.3 is 4.74 Å². The molecule has 0 aromatic heterocycles. The zero-order chi connectivity index (χ0) is 26.7. The number of ether oxygens (including phenoxy) is 1. The van der Waals surface area contributed by atoms with Gasteiger partial charge in [0.05, 0.1) is 12.7 Å². The lowest BCUT2D eigenvalue weighted by Gasteiger charge is -2.19. The van der Waals surface area contributed by atoms with Gasteiger partial charge in [0.2, 0.25) is 0 Å². The van der Waals surface area contributed by atoms with Crippen molar-refractivity contribution in [2.24, 2.45) is 0 Å². The minimum atomic E-state index is 0.0202. The van der Waals surface area contributed by atoms with Crippen LogP contribution in [0, 0.1) is 0 Å². The summed E-state index contributed by atoms with van der Waals surface area (Å²) < 4.78 is 4.84. The van der Waals surface area contributed by atoms with Crippen LogP contribution in [0.1, 0.15) is 67.7 Å². The fourth-order valence-electron chi connectivity index (χ4n) is 3.16. The van der Waals surface area contributed by atoms with Crippen molar-refractivity contribution in [3.8, 4) is 0 Å². The summed E-state index contributed by atoms with van der Waals surface area (Å²) in [5.41, 5.74) is 8.04. The first kappa shape index (κ1) is 33.0. The number of carbonyl (C=O) groups is 1. The fourth-order valence-corrected chi connectivity index (χ4v) is 3.16. The highest BCUT2D eigenvalue weighted by molar-refractivity contribution is 6.18. The Hall–Kier alpha value is -3.13. The lowest BCUT2D eigenvalue weighted by atomic mass is 9.88. The highest BCUT2D eigenvalue weighted by Crippen LogP contribution is 2.29. The van der Waals surface area contributed by atoms with Crippen molar-refractivity contribution in [3.05, 3.63) is 120 Å². The van der Waals surface area contributed by atoms with E-state index in [1.165, 1.54) is 54.2 Å². The molecule has 2 nitrogen and oxygen atoms in total. The van der Waals surface area contributed by atoms with Gasteiger partial charge in [-0.25, -0.2) is 0 Å². The van der Waals surface area contributed by atoms with E-state index in [2.05, 4.69) is 46.2 Å². The van der Waals surface area contributed by atoms with Gasteiger partial charge in [-0.05, 0) is 84.4 Å². The minimum absolute atomic E-state index is 0.0202. The van der Waals surface area contributed by atoms with E-state index < -0.39 is 0 Å². The lowest BCUT2D eigenvalue weighted by Crippen LogP contribution is -2.20. The number of hydrogen-bond acceptors (Lipinski definition) is 2. The molecule has 0 unspecified atom stereocenters. The van der Waals surface area contributed by atoms with Crippen LogP contribution in [0.4, 0.5) is 0 Å². The standard InChI is InChI=1S/C11H16.C8H12.C7H8O2.C6H10/c1-4-10-7-6-8-11(5-2)9(10)3;1-4-6-8(3)7-5-2;1-4-6(8)5(2)7(4)9-3;1-4-6(3)5-2/h4-5H,1,6-8H2,2-3H3;4-7H,1H2,2-3H3;1H2,2-3H3;4-5H,1H2,2-3H3. The van der Waals surface area contributed by atoms with Gasteiger partial charge in [-0.3, -0.25) is 4.79 Å². The van der Waals surface area contributed by atoms with Gasteiger partial charge in [-0.1, -0.05) is 86.1 Å². The Labute approximate surface area is 209 Å². The summed E-state index contributed by atoms with van der Waals surface area (Å²) in [5.74, 6) is 0.673. The van der Waals surface area contributed by atoms with Crippen LogP contribution in [0.5, 0.6) is 0 Å². The Morgan fingerprint density at radius 3 is 1.91 bits per heavy atom. The number of Topliss-reactive ketones (excluding diaryl/α,β-unsaturated/α-hetero) is 1. The van der Waals surface area contributed by atoms with E-state index in [0.29, 0.717) is 16.9 Å². The molecule has 0 radical (unpaired) electrons. The number of methoxy groups -OCH3 is 1. The molecule has 186 valence electrons. The van der Waals surface area contributed by atoms with Crippen LogP contribution in [0.15, 0.2) is 120 Å². The van der Waals surface area contributed by atoms with Gasteiger partial charge in [0.25, 0.3) is 0 Å². The molecule has 0 fully saturated rings. The van der Waals surface area contributed by atoms with Crippen LogP contribution < -0.4 is 0 Å². The molecule has 0 heterocycles. The van der Waals surface area contributed by atoms with Crippen LogP contribution in [0.2, 0.25) is 0 Å². The largest absolute Gasteiger partial charge is 0.496 e. The van der Waals surface area contributed by atoms with Crippen molar-refractivity contribution in [2.45, 2.75) is 67.7 Å². The van der Waals surface area contributed by atoms with Gasteiger partial charge >= 0.3 is 0 Å². The second-order valence-electron chi connectivity index (χ2n) is 7.87. The number of ketones is 1. The molecule has 0 spiro atoms. The molecule has 34 heavy (non-hydrogen) atoms. The minimum Gasteiger partial charge on any atom is -0.496 e. The van der Waals surface area contributed by atoms with Crippen molar-refractivity contribution in [1.82, 2.24) is 0 Å². The first-order valence-corrected chi connectivity index (χ1v) is 11.7. The molecular weight excluding hydrogens is 416 g/mol. The summed E-state index contributed by atoms with van der Waals surface area (Å²) in [6.45, 7) is 28.6. The summed E-state index contributed by atoms with van der Waals surface area (Å²) >= 11 is 0. The molecule has 2 rings (SSSR count). The maximum absolute atomic E-state index is 10.7. The van der Waals surface area contributed by atoms with E-state index in [4.69, 9.17) is 4.74 Å². The highest BCUT2D eigenvalue weighted by atomic mass is 16.5. The molecule has 2 heteroatoms. The van der Waals surface area contributed by atoms with Crippen LogP contribution in [-0.4, -0.2) is 12.9 Å². The average molecular weight is 463 g/mol. The van der Waals surface area contributed by atoms with E-state index in [9.17, 15) is 4.79 Å². The third kappa shape index (κ3) is 12.2. The molecule has 0 saturated heterocycles. The molecule has 0 aliphatic heterocycles. The smallest absolute Gasteiger partial charge is 0.195 e.